The average Bonchev–Trinajstić information content (AvgIpc) is 3.25. The zero-order chi connectivity index (χ0) is 23.8. The van der Waals surface area contributed by atoms with E-state index in [-0.39, 0.29) is 58.4 Å². The van der Waals surface area contributed by atoms with Crippen LogP contribution in [0.1, 0.15) is 0 Å². The van der Waals surface area contributed by atoms with Crippen LogP contribution in [0.5, 0.6) is 11.5 Å². The Balaban J connectivity index is 1.35. The van der Waals surface area contributed by atoms with E-state index >= 15 is 0 Å². The number of carbonyl (C=O) groups excluding carboxylic acids is 2. The lowest BCUT2D eigenvalue weighted by Crippen LogP contribution is -2.40. The van der Waals surface area contributed by atoms with E-state index in [0.717, 1.165) is 12.1 Å². The first-order valence-corrected chi connectivity index (χ1v) is 10.8. The molecule has 2 aromatic carbocycles. The standard InChI is InChI=1S/C22H22Cl2F2N2O5/c23-17-3-1-15(5-19(17)25)32-11-21(29)27-7-13-9-31-10-14(13)8-28-22(30)12-33-16-2-4-18(24)20(26)6-16/h1-6,13-14H,7-12H2,(H,27,29)(H,28,30)/t13-,14+. The molecule has 3 rings (SSSR count). The van der Waals surface area contributed by atoms with E-state index < -0.39 is 11.6 Å². The van der Waals surface area contributed by atoms with Gasteiger partial charge in [0.25, 0.3) is 11.8 Å². The van der Waals surface area contributed by atoms with Crippen molar-refractivity contribution in [3.05, 3.63) is 58.1 Å². The van der Waals surface area contributed by atoms with Crippen molar-refractivity contribution in [1.29, 1.82) is 0 Å². The second kappa shape index (κ2) is 12.0. The summed E-state index contributed by atoms with van der Waals surface area (Å²) in [5, 5.41) is 5.43. The topological polar surface area (TPSA) is 85.9 Å². The van der Waals surface area contributed by atoms with E-state index in [1.54, 1.807) is 0 Å². The summed E-state index contributed by atoms with van der Waals surface area (Å²) in [7, 11) is 0. The zero-order valence-corrected chi connectivity index (χ0v) is 18.9. The van der Waals surface area contributed by atoms with Crippen molar-refractivity contribution >= 4 is 35.0 Å². The molecule has 1 aliphatic heterocycles. The first-order chi connectivity index (χ1) is 15.8. The quantitative estimate of drug-likeness (QED) is 0.520. The van der Waals surface area contributed by atoms with Gasteiger partial charge in [-0.25, -0.2) is 8.78 Å². The largest absolute Gasteiger partial charge is 0.484 e. The number of nitrogens with one attached hydrogen (secondary N) is 2. The van der Waals surface area contributed by atoms with Crippen LogP contribution in [-0.2, 0) is 14.3 Å². The second-order valence-electron chi connectivity index (χ2n) is 7.39. The highest BCUT2D eigenvalue weighted by molar-refractivity contribution is 6.31. The smallest absolute Gasteiger partial charge is 0.257 e. The second-order valence-corrected chi connectivity index (χ2v) is 8.21. The highest BCUT2D eigenvalue weighted by Gasteiger charge is 2.29. The summed E-state index contributed by atoms with van der Waals surface area (Å²) < 4.78 is 42.8. The van der Waals surface area contributed by atoms with Gasteiger partial charge in [-0.3, -0.25) is 9.59 Å². The lowest BCUT2D eigenvalue weighted by molar-refractivity contribution is -0.124. The van der Waals surface area contributed by atoms with Gasteiger partial charge in [0.2, 0.25) is 0 Å². The van der Waals surface area contributed by atoms with Gasteiger partial charge in [0.05, 0.1) is 23.3 Å². The van der Waals surface area contributed by atoms with Gasteiger partial charge in [0.1, 0.15) is 23.1 Å². The number of carbonyl (C=O) groups is 2. The van der Waals surface area contributed by atoms with Gasteiger partial charge in [-0.1, -0.05) is 23.2 Å². The molecular weight excluding hydrogens is 481 g/mol. The Hall–Kier alpha value is -2.62. The molecule has 0 spiro atoms. The van der Waals surface area contributed by atoms with Gasteiger partial charge < -0.3 is 24.8 Å². The maximum Gasteiger partial charge on any atom is 0.257 e. The minimum absolute atomic E-state index is 0.00601. The molecule has 2 aromatic rings. The Morgan fingerprint density at radius 2 is 1.27 bits per heavy atom. The third-order valence-electron chi connectivity index (χ3n) is 4.98. The van der Waals surface area contributed by atoms with E-state index in [2.05, 4.69) is 10.6 Å². The molecule has 178 valence electrons. The SMILES string of the molecule is O=C(COc1ccc(Cl)c(F)c1)NC[C@@H]1COC[C@@H]1CNC(=O)COc1ccc(Cl)c(F)c1. The molecule has 0 aliphatic carbocycles. The van der Waals surface area contributed by atoms with Crippen molar-refractivity contribution in [2.24, 2.45) is 11.8 Å². The van der Waals surface area contributed by atoms with Crippen molar-refractivity contribution in [3.63, 3.8) is 0 Å². The molecule has 7 nitrogen and oxygen atoms in total. The highest BCUT2D eigenvalue weighted by atomic mass is 35.5. The molecule has 0 unspecified atom stereocenters. The van der Waals surface area contributed by atoms with E-state index in [4.69, 9.17) is 37.4 Å². The Morgan fingerprint density at radius 3 is 1.67 bits per heavy atom. The van der Waals surface area contributed by atoms with Crippen LogP contribution >= 0.6 is 23.2 Å². The summed E-state index contributed by atoms with van der Waals surface area (Å²) >= 11 is 11.2. The van der Waals surface area contributed by atoms with E-state index in [0.29, 0.717) is 26.3 Å². The number of hydrogen-bond donors (Lipinski definition) is 2. The first kappa shape index (κ1) is 25.0. The first-order valence-electron chi connectivity index (χ1n) is 10.1. The molecule has 0 aromatic heterocycles. The molecule has 1 fully saturated rings. The van der Waals surface area contributed by atoms with E-state index in [9.17, 15) is 18.4 Å². The number of halogens is 4. The van der Waals surface area contributed by atoms with Gasteiger partial charge in [0.15, 0.2) is 13.2 Å². The Kier molecular flexibility index (Phi) is 9.11. The average molecular weight is 503 g/mol. The fourth-order valence-corrected chi connectivity index (χ4v) is 3.35. The molecule has 0 radical (unpaired) electrons. The molecule has 33 heavy (non-hydrogen) atoms. The van der Waals surface area contributed by atoms with Crippen LogP contribution in [0.25, 0.3) is 0 Å². The van der Waals surface area contributed by atoms with E-state index in [1.165, 1.54) is 24.3 Å². The lowest BCUT2D eigenvalue weighted by Gasteiger charge is -2.19. The predicted octanol–water partition coefficient (Wildman–Crippen LogP) is 3.22. The van der Waals surface area contributed by atoms with E-state index in [1.807, 2.05) is 0 Å². The molecule has 1 heterocycles. The van der Waals surface area contributed by atoms with Crippen LogP contribution in [0.3, 0.4) is 0 Å². The minimum atomic E-state index is -0.631. The summed E-state index contributed by atoms with van der Waals surface area (Å²) in [6.07, 6.45) is 0. The summed E-state index contributed by atoms with van der Waals surface area (Å²) in [6.45, 7) is 0.975. The van der Waals surface area contributed by atoms with Crippen LogP contribution < -0.4 is 20.1 Å². The van der Waals surface area contributed by atoms with Crippen LogP contribution in [0.15, 0.2) is 36.4 Å². The number of ether oxygens (including phenoxy) is 3. The van der Waals surface area contributed by atoms with Gasteiger partial charge in [-0.2, -0.15) is 0 Å². The summed E-state index contributed by atoms with van der Waals surface area (Å²) in [5.41, 5.74) is 0. The zero-order valence-electron chi connectivity index (χ0n) is 17.4. The van der Waals surface area contributed by atoms with Gasteiger partial charge in [0, 0.05) is 37.1 Å². The fraction of sp³-hybridized carbons (Fsp3) is 0.364. The number of rotatable bonds is 10. The number of amides is 2. The third-order valence-corrected chi connectivity index (χ3v) is 5.59. The van der Waals surface area contributed by atoms with Gasteiger partial charge in [-0.05, 0) is 24.3 Å². The van der Waals surface area contributed by atoms with Crippen LogP contribution in [-0.4, -0.2) is 51.3 Å². The summed E-state index contributed by atoms with van der Waals surface area (Å²) in [5.74, 6) is -1.63. The van der Waals surface area contributed by atoms with Gasteiger partial charge >= 0.3 is 0 Å². The van der Waals surface area contributed by atoms with Crippen LogP contribution in [0.4, 0.5) is 8.78 Å². The molecular formula is C22H22Cl2F2N2O5. The highest BCUT2D eigenvalue weighted by Crippen LogP contribution is 2.22. The molecule has 11 heteroatoms. The van der Waals surface area contributed by atoms with Crippen molar-refractivity contribution in [2.75, 3.05) is 39.5 Å². The number of hydrogen-bond acceptors (Lipinski definition) is 5. The minimum Gasteiger partial charge on any atom is -0.484 e. The maximum absolute atomic E-state index is 13.4. The molecule has 0 bridgehead atoms. The molecule has 2 amide bonds. The molecule has 2 N–H and O–H groups in total. The summed E-state index contributed by atoms with van der Waals surface area (Å²) in [6, 6.07) is 7.83. The molecule has 1 aliphatic rings. The monoisotopic (exact) mass is 502 g/mol. The molecule has 2 atom stereocenters. The van der Waals surface area contributed by atoms with Crippen LogP contribution in [0.2, 0.25) is 10.0 Å². The molecule has 0 saturated carbocycles. The third kappa shape index (κ3) is 7.73. The van der Waals surface area contributed by atoms with Crippen molar-refractivity contribution in [3.8, 4) is 11.5 Å². The van der Waals surface area contributed by atoms with Crippen molar-refractivity contribution in [1.82, 2.24) is 10.6 Å². The Labute approximate surface area is 199 Å². The Morgan fingerprint density at radius 1 is 0.848 bits per heavy atom. The molecule has 1 saturated heterocycles. The Bertz CT molecular complexity index is 918. The lowest BCUT2D eigenvalue weighted by atomic mass is 9.96. The fourth-order valence-electron chi connectivity index (χ4n) is 3.12. The van der Waals surface area contributed by atoms with Crippen LogP contribution in [0, 0.1) is 23.5 Å². The van der Waals surface area contributed by atoms with Crippen molar-refractivity contribution < 1.29 is 32.6 Å². The normalized spacial score (nSPS) is 17.5. The number of benzene rings is 2. The van der Waals surface area contributed by atoms with Gasteiger partial charge in [-0.15, -0.1) is 0 Å². The van der Waals surface area contributed by atoms with Crippen molar-refractivity contribution in [2.45, 2.75) is 0 Å². The maximum atomic E-state index is 13.4. The predicted molar refractivity (Wildman–Crippen MR) is 118 cm³/mol. The summed E-state index contributed by atoms with van der Waals surface area (Å²) in [4.78, 5) is 24.1.